The Hall–Kier alpha value is -1.95. The lowest BCUT2D eigenvalue weighted by Crippen LogP contribution is -2.26. The van der Waals surface area contributed by atoms with Crippen molar-refractivity contribution in [2.24, 2.45) is 5.92 Å². The number of amides is 1. The van der Waals surface area contributed by atoms with E-state index in [9.17, 15) is 4.79 Å². The number of carbonyl (C=O) groups is 1. The van der Waals surface area contributed by atoms with Crippen molar-refractivity contribution in [1.29, 1.82) is 0 Å². The van der Waals surface area contributed by atoms with Crippen LogP contribution >= 0.6 is 12.2 Å². The Morgan fingerprint density at radius 1 is 1.48 bits per heavy atom. The van der Waals surface area contributed by atoms with Gasteiger partial charge in [-0.15, -0.1) is 5.10 Å². The second-order valence-corrected chi connectivity index (χ2v) is 5.73. The molecule has 0 unspecified atom stereocenters. The van der Waals surface area contributed by atoms with Gasteiger partial charge in [0.15, 0.2) is 0 Å². The van der Waals surface area contributed by atoms with Crippen molar-refractivity contribution in [3.63, 3.8) is 0 Å². The van der Waals surface area contributed by atoms with Crippen LogP contribution in [0.3, 0.4) is 0 Å². The number of nitrogens with one attached hydrogen (secondary N) is 2. The van der Waals surface area contributed by atoms with Gasteiger partial charge in [0.2, 0.25) is 5.89 Å². The van der Waals surface area contributed by atoms with Gasteiger partial charge in [0.25, 0.3) is 10.7 Å². The lowest BCUT2D eigenvalue weighted by atomic mass is 10.1. The minimum Gasteiger partial charge on any atom is -0.409 e. The minimum absolute atomic E-state index is 0.0203. The standard InChI is InChI=1S/C15H17N3O2S/c1-2-3-11-8-12(11)16-13(19)9-4-6-10(7-5-9)14-17-18-15(21)20-14/h4-7,11-12H,2-3,8H2,1H3,(H,16,19)(H,18,21)/t11-,12-/m0/s1. The highest BCUT2D eigenvalue weighted by Gasteiger charge is 2.37. The van der Waals surface area contributed by atoms with Crippen molar-refractivity contribution < 1.29 is 9.21 Å². The molecule has 1 saturated carbocycles. The van der Waals surface area contributed by atoms with Crippen LogP contribution in [0.25, 0.3) is 11.5 Å². The van der Waals surface area contributed by atoms with Gasteiger partial charge in [0.1, 0.15) is 0 Å². The maximum Gasteiger partial charge on any atom is 0.284 e. The van der Waals surface area contributed by atoms with E-state index in [1.165, 1.54) is 12.8 Å². The molecule has 3 rings (SSSR count). The van der Waals surface area contributed by atoms with E-state index in [2.05, 4.69) is 22.4 Å². The number of hydrogen-bond donors (Lipinski definition) is 2. The zero-order valence-corrected chi connectivity index (χ0v) is 12.6. The quantitative estimate of drug-likeness (QED) is 0.831. The molecule has 21 heavy (non-hydrogen) atoms. The fourth-order valence-electron chi connectivity index (χ4n) is 2.48. The van der Waals surface area contributed by atoms with Crippen LogP contribution in [0, 0.1) is 10.8 Å². The van der Waals surface area contributed by atoms with Crippen molar-refractivity contribution in [1.82, 2.24) is 15.5 Å². The first-order valence-electron chi connectivity index (χ1n) is 7.14. The Morgan fingerprint density at radius 3 is 2.86 bits per heavy atom. The van der Waals surface area contributed by atoms with Crippen LogP contribution in [0.15, 0.2) is 28.7 Å². The van der Waals surface area contributed by atoms with Crippen LogP contribution in [0.4, 0.5) is 0 Å². The number of carbonyl (C=O) groups excluding carboxylic acids is 1. The van der Waals surface area contributed by atoms with Gasteiger partial charge in [-0.25, -0.2) is 5.10 Å². The first-order chi connectivity index (χ1) is 10.2. The smallest absolute Gasteiger partial charge is 0.284 e. The Labute approximate surface area is 127 Å². The molecule has 2 N–H and O–H groups in total. The van der Waals surface area contributed by atoms with Crippen LogP contribution in [-0.4, -0.2) is 22.1 Å². The second-order valence-electron chi connectivity index (χ2n) is 5.36. The van der Waals surface area contributed by atoms with E-state index in [0.717, 1.165) is 12.0 Å². The van der Waals surface area contributed by atoms with Crippen molar-refractivity contribution in [2.45, 2.75) is 32.2 Å². The summed E-state index contributed by atoms with van der Waals surface area (Å²) in [5, 5.41) is 9.60. The zero-order valence-electron chi connectivity index (χ0n) is 11.8. The van der Waals surface area contributed by atoms with E-state index in [4.69, 9.17) is 16.6 Å². The summed E-state index contributed by atoms with van der Waals surface area (Å²) in [5.41, 5.74) is 1.43. The van der Waals surface area contributed by atoms with Crippen LogP contribution in [-0.2, 0) is 0 Å². The molecular weight excluding hydrogens is 286 g/mol. The van der Waals surface area contributed by atoms with Gasteiger partial charge >= 0.3 is 0 Å². The van der Waals surface area contributed by atoms with Gasteiger partial charge in [-0.2, -0.15) is 0 Å². The number of aromatic nitrogens is 2. The van der Waals surface area contributed by atoms with Gasteiger partial charge in [-0.3, -0.25) is 4.79 Å². The molecule has 0 bridgehead atoms. The average Bonchev–Trinajstić information content (AvgIpc) is 3.06. The summed E-state index contributed by atoms with van der Waals surface area (Å²) >= 11 is 4.84. The maximum atomic E-state index is 12.1. The van der Waals surface area contributed by atoms with Gasteiger partial charge in [-0.1, -0.05) is 13.3 Å². The van der Waals surface area contributed by atoms with Gasteiger partial charge in [-0.05, 0) is 55.2 Å². The van der Waals surface area contributed by atoms with E-state index in [1.807, 2.05) is 0 Å². The fraction of sp³-hybridized carbons (Fsp3) is 0.400. The predicted molar refractivity (Wildman–Crippen MR) is 81.4 cm³/mol. The van der Waals surface area contributed by atoms with Gasteiger partial charge in [0, 0.05) is 17.2 Å². The van der Waals surface area contributed by atoms with Crippen molar-refractivity contribution in [2.75, 3.05) is 0 Å². The number of nitrogens with zero attached hydrogens (tertiary/aromatic N) is 1. The van der Waals surface area contributed by atoms with Crippen LogP contribution in [0.5, 0.6) is 0 Å². The lowest BCUT2D eigenvalue weighted by Gasteiger charge is -2.05. The van der Waals surface area contributed by atoms with E-state index < -0.39 is 0 Å². The summed E-state index contributed by atoms with van der Waals surface area (Å²) in [5.74, 6) is 1.07. The topological polar surface area (TPSA) is 70.9 Å². The van der Waals surface area contributed by atoms with Crippen LogP contribution in [0.2, 0.25) is 0 Å². The Bertz CT molecular complexity index is 689. The summed E-state index contributed by atoms with van der Waals surface area (Å²) < 4.78 is 5.23. The molecule has 1 fully saturated rings. The highest BCUT2D eigenvalue weighted by atomic mass is 32.1. The molecule has 5 nitrogen and oxygen atoms in total. The third kappa shape index (κ3) is 3.21. The second kappa shape index (κ2) is 5.81. The average molecular weight is 303 g/mol. The highest BCUT2D eigenvalue weighted by Crippen LogP contribution is 2.34. The molecule has 0 aliphatic heterocycles. The molecule has 2 aromatic rings. The van der Waals surface area contributed by atoms with Crippen LogP contribution in [0.1, 0.15) is 36.5 Å². The normalized spacial score (nSPS) is 20.2. The number of aromatic amines is 1. The SMILES string of the molecule is CCC[C@H]1C[C@@H]1NC(=O)c1ccc(-c2n[nH]c(=S)o2)cc1. The first kappa shape index (κ1) is 14.0. The van der Waals surface area contributed by atoms with E-state index in [-0.39, 0.29) is 10.7 Å². The summed E-state index contributed by atoms with van der Waals surface area (Å²) in [6, 6.07) is 7.50. The number of benzene rings is 1. The van der Waals surface area contributed by atoms with Crippen molar-refractivity contribution >= 4 is 18.1 Å². The molecule has 0 radical (unpaired) electrons. The Kier molecular flexibility index (Phi) is 3.88. The number of hydrogen-bond acceptors (Lipinski definition) is 4. The molecule has 2 atom stereocenters. The molecule has 0 spiro atoms. The third-order valence-electron chi connectivity index (χ3n) is 3.73. The van der Waals surface area contributed by atoms with Crippen LogP contribution < -0.4 is 5.32 Å². The molecule has 1 aliphatic carbocycles. The molecule has 6 heteroatoms. The highest BCUT2D eigenvalue weighted by molar-refractivity contribution is 7.71. The Balaban J connectivity index is 1.64. The number of H-pyrrole nitrogens is 1. The lowest BCUT2D eigenvalue weighted by molar-refractivity contribution is 0.0949. The Morgan fingerprint density at radius 2 is 2.24 bits per heavy atom. The third-order valence-corrected chi connectivity index (χ3v) is 3.91. The van der Waals surface area contributed by atoms with E-state index in [0.29, 0.717) is 23.4 Å². The largest absolute Gasteiger partial charge is 0.409 e. The van der Waals surface area contributed by atoms with E-state index in [1.54, 1.807) is 24.3 Å². The first-order valence-corrected chi connectivity index (χ1v) is 7.55. The van der Waals surface area contributed by atoms with Crippen molar-refractivity contribution in [3.8, 4) is 11.5 Å². The van der Waals surface area contributed by atoms with Crippen molar-refractivity contribution in [3.05, 3.63) is 34.7 Å². The molecular formula is C15H17N3O2S. The van der Waals surface area contributed by atoms with E-state index >= 15 is 0 Å². The molecule has 0 saturated heterocycles. The molecule has 1 aliphatic rings. The minimum atomic E-state index is -0.0203. The molecule has 1 aromatic carbocycles. The summed E-state index contributed by atoms with van der Waals surface area (Å²) in [7, 11) is 0. The van der Waals surface area contributed by atoms with Gasteiger partial charge in [0.05, 0.1) is 0 Å². The van der Waals surface area contributed by atoms with Gasteiger partial charge < -0.3 is 9.73 Å². The predicted octanol–water partition coefficient (Wildman–Crippen LogP) is 3.32. The summed E-state index contributed by atoms with van der Waals surface area (Å²) in [6.07, 6.45) is 3.46. The molecule has 1 aromatic heterocycles. The monoisotopic (exact) mass is 303 g/mol. The molecule has 1 heterocycles. The fourth-order valence-corrected chi connectivity index (χ4v) is 2.61. The summed E-state index contributed by atoms with van der Waals surface area (Å²) in [6.45, 7) is 2.17. The maximum absolute atomic E-state index is 12.1. The zero-order chi connectivity index (χ0) is 14.8. The number of rotatable bonds is 5. The summed E-state index contributed by atoms with van der Waals surface area (Å²) in [4.78, 5) is 12.4. The molecule has 1 amide bonds. The molecule has 110 valence electrons.